The van der Waals surface area contributed by atoms with Crippen molar-refractivity contribution in [2.45, 2.75) is 71.6 Å². The molecule has 12 aromatic heterocycles. The third kappa shape index (κ3) is 15.7. The highest BCUT2D eigenvalue weighted by Gasteiger charge is 2.27. The minimum atomic E-state index is -0.694. The van der Waals surface area contributed by atoms with Gasteiger partial charge in [0, 0.05) is 35.3 Å². The summed E-state index contributed by atoms with van der Waals surface area (Å²) in [6.45, 7) is 10.2. The fourth-order valence-electron chi connectivity index (χ4n) is 14.0. The van der Waals surface area contributed by atoms with Gasteiger partial charge in [0.1, 0.15) is 51.2 Å². The molecule has 0 aliphatic carbocycles. The van der Waals surface area contributed by atoms with Gasteiger partial charge in [-0.2, -0.15) is 0 Å². The molecular weight excluding hydrogens is 1490 g/mol. The smallest absolute Gasteiger partial charge is 0.182 e. The summed E-state index contributed by atoms with van der Waals surface area (Å²) in [5, 5.41) is 13.7. The number of H-pyrrole nitrogens is 4. The number of para-hydroxylation sites is 7. The zero-order valence-corrected chi connectivity index (χ0v) is 64.3. The lowest BCUT2D eigenvalue weighted by Crippen LogP contribution is -2.15. The van der Waals surface area contributed by atoms with Gasteiger partial charge in [0.05, 0.1) is 150 Å². The van der Waals surface area contributed by atoms with Crippen LogP contribution in [0.5, 0.6) is 0 Å². The van der Waals surface area contributed by atoms with Gasteiger partial charge in [-0.25, -0.2) is 97.9 Å². The summed E-state index contributed by atoms with van der Waals surface area (Å²) in [5.41, 5.74) is 21.2. The van der Waals surface area contributed by atoms with Gasteiger partial charge in [0.2, 0.25) is 0 Å². The number of fused-ring (bicyclic) bond motifs is 8. The molecule has 20 aromatic rings. The number of halogens is 3. The normalized spacial score (nSPS) is 12.3. The Morgan fingerprint density at radius 1 is 0.314 bits per heavy atom. The third-order valence-corrected chi connectivity index (χ3v) is 19.9. The second-order valence-corrected chi connectivity index (χ2v) is 27.7. The van der Waals surface area contributed by atoms with Crippen molar-refractivity contribution < 1.29 is 13.2 Å². The second-order valence-electron chi connectivity index (χ2n) is 27.7. The topological polar surface area (TPSA) is 330 Å². The van der Waals surface area contributed by atoms with Gasteiger partial charge in [0.25, 0.3) is 0 Å². The molecule has 0 bridgehead atoms. The van der Waals surface area contributed by atoms with E-state index in [0.29, 0.717) is 50.7 Å². The van der Waals surface area contributed by atoms with E-state index < -0.39 is 17.7 Å². The van der Waals surface area contributed by atoms with E-state index in [0.717, 1.165) is 125 Å². The summed E-state index contributed by atoms with van der Waals surface area (Å²) in [4.78, 5) is 90.1. The summed E-state index contributed by atoms with van der Waals surface area (Å²) < 4.78 is 43.7. The van der Waals surface area contributed by atoms with Crippen LogP contribution in [-0.4, -0.2) is 105 Å². The quantitative estimate of drug-likeness (QED) is 0.0396. The summed E-state index contributed by atoms with van der Waals surface area (Å²) in [6, 6.07) is 64.8. The number of aromatic nitrogens is 21. The van der Waals surface area contributed by atoms with Crippen LogP contribution in [0.2, 0.25) is 0 Å². The van der Waals surface area contributed by atoms with E-state index in [-0.39, 0.29) is 40.7 Å². The fraction of sp³-hybridized carbons (Fsp3) is 0.122. The van der Waals surface area contributed by atoms with Gasteiger partial charge in [-0.15, -0.1) is 0 Å². The van der Waals surface area contributed by atoms with E-state index >= 15 is 0 Å². The first-order valence-corrected chi connectivity index (χ1v) is 38.3. The Morgan fingerprint density at radius 2 is 0.695 bits per heavy atom. The number of aryl methyl sites for hydroxylation is 1. The summed E-state index contributed by atoms with van der Waals surface area (Å²) in [5.74, 6) is 0.854. The third-order valence-electron chi connectivity index (χ3n) is 19.9. The molecule has 0 aliphatic rings. The van der Waals surface area contributed by atoms with E-state index in [1.54, 1.807) is 62.1 Å². The van der Waals surface area contributed by atoms with E-state index in [1.165, 1.54) is 36.2 Å². The molecule has 4 unspecified atom stereocenters. The predicted octanol–water partition coefficient (Wildman–Crippen LogP) is 19.9. The van der Waals surface area contributed by atoms with Crippen LogP contribution in [0.25, 0.3) is 133 Å². The Bertz CT molecular complexity index is 6940. The molecule has 28 heteroatoms. The molecular formula is C90H74F3N25. The highest BCUT2D eigenvalue weighted by molar-refractivity contribution is 5.90. The lowest BCUT2D eigenvalue weighted by molar-refractivity contribution is 0.587. The number of hydrogen-bond donors (Lipinski definition) is 8. The number of imidazole rings is 4. The molecule has 20 rings (SSSR count). The first kappa shape index (κ1) is 75.2. The van der Waals surface area contributed by atoms with Crippen molar-refractivity contribution in [3.8, 4) is 45.0 Å². The highest BCUT2D eigenvalue weighted by atomic mass is 19.1. The van der Waals surface area contributed by atoms with Crippen molar-refractivity contribution in [2.75, 3.05) is 21.3 Å². The Labute approximate surface area is 672 Å². The van der Waals surface area contributed by atoms with Gasteiger partial charge < -0.3 is 41.2 Å². The van der Waals surface area contributed by atoms with E-state index in [4.69, 9.17) is 24.9 Å². The standard InChI is InChI=1S/2C23H20N6.C22H16F2N6.C22H18FN7/c1-14-7-9-16(10-8-14)21-20(28-17-5-3-4-6-18(17)29-21)15(2)27-23-22-19(11-12-24-23)25-13-26-22;1-2-16(29-23-22-19(12-13-24-23)25-14-26-22)21-20(15-8-4-3-5-9-15)27-17-10-6-7-11-18(17)28-21;1-12(28-22-20-17(9-10-25-22)26-11-27-20)19-21(18-13(23)5-4-6-14(18)24)30-16-8-3-2-7-15(16)29-19;1-2-15(29-22-20-21(25-11-24-20)26-12-27-22)19-17(13-7-4-3-5-8-13)30-18-14(23)9-6-10-16(18)28-19/h3-13,15H,1-2H3,(H,24,27)(H,25,26);3-14,16H,2H2,1H3,(H,24,29)(H,25,26);2-12H,1H3,(H,25,28)(H,26,27);3-12,15H,2H2,1H3,(H2,24,25,26,27,29). The number of aromatic amines is 4. The Morgan fingerprint density at radius 3 is 1.19 bits per heavy atom. The lowest BCUT2D eigenvalue weighted by Gasteiger charge is -2.20. The molecule has 0 amide bonds. The Balaban J connectivity index is 0.000000113. The highest BCUT2D eigenvalue weighted by Crippen LogP contribution is 2.38. The minimum absolute atomic E-state index is 0.0582. The number of anilines is 4. The van der Waals surface area contributed by atoms with Gasteiger partial charge >= 0.3 is 0 Å². The van der Waals surface area contributed by atoms with Crippen molar-refractivity contribution >= 4 is 112 Å². The van der Waals surface area contributed by atoms with Crippen LogP contribution in [0.1, 0.15) is 93.0 Å². The molecule has 12 heterocycles. The van der Waals surface area contributed by atoms with Crippen LogP contribution < -0.4 is 21.3 Å². The number of rotatable bonds is 18. The summed E-state index contributed by atoms with van der Waals surface area (Å²) >= 11 is 0. The molecule has 0 aliphatic heterocycles. The van der Waals surface area contributed by atoms with Crippen LogP contribution in [-0.2, 0) is 0 Å². The number of nitrogens with one attached hydrogen (secondary N) is 8. The second kappa shape index (κ2) is 33.7. The number of benzene rings is 8. The van der Waals surface area contributed by atoms with Gasteiger partial charge in [-0.3, -0.25) is 0 Å². The van der Waals surface area contributed by atoms with Crippen molar-refractivity contribution in [3.05, 3.63) is 308 Å². The largest absolute Gasteiger partial charge is 0.360 e. The molecule has 4 atom stereocenters. The van der Waals surface area contributed by atoms with Crippen molar-refractivity contribution in [3.63, 3.8) is 0 Å². The molecule has 0 saturated heterocycles. The fourth-order valence-corrected chi connectivity index (χ4v) is 14.0. The molecule has 0 radical (unpaired) electrons. The molecule has 8 N–H and O–H groups in total. The first-order valence-electron chi connectivity index (χ1n) is 38.3. The molecule has 0 spiro atoms. The maximum absolute atomic E-state index is 14.6. The van der Waals surface area contributed by atoms with Crippen LogP contribution in [0.3, 0.4) is 0 Å². The van der Waals surface area contributed by atoms with Crippen molar-refractivity contribution in [2.24, 2.45) is 0 Å². The number of hydrogen-bond acceptors (Lipinski definition) is 21. The van der Waals surface area contributed by atoms with Crippen molar-refractivity contribution in [1.29, 1.82) is 0 Å². The number of pyridine rings is 3. The van der Waals surface area contributed by atoms with Crippen LogP contribution in [0, 0.1) is 24.4 Å². The molecule has 25 nitrogen and oxygen atoms in total. The average molecular weight is 1560 g/mol. The Hall–Kier alpha value is -15.5. The van der Waals surface area contributed by atoms with E-state index in [2.05, 4.69) is 165 Å². The van der Waals surface area contributed by atoms with Crippen LogP contribution >= 0.6 is 0 Å². The zero-order valence-electron chi connectivity index (χ0n) is 64.3. The lowest BCUT2D eigenvalue weighted by atomic mass is 10.0. The van der Waals surface area contributed by atoms with Crippen LogP contribution in [0.4, 0.5) is 36.4 Å². The molecule has 8 aromatic carbocycles. The van der Waals surface area contributed by atoms with Crippen molar-refractivity contribution in [1.82, 2.24) is 105 Å². The van der Waals surface area contributed by atoms with E-state index in [1.807, 2.05) is 140 Å². The molecule has 580 valence electrons. The monoisotopic (exact) mass is 1560 g/mol. The van der Waals surface area contributed by atoms with Gasteiger partial charge in [-0.1, -0.05) is 153 Å². The summed E-state index contributed by atoms with van der Waals surface area (Å²) in [6.07, 6.45) is 14.7. The maximum atomic E-state index is 14.6. The zero-order chi connectivity index (χ0) is 80.6. The molecule has 118 heavy (non-hydrogen) atoms. The molecule has 0 fully saturated rings. The van der Waals surface area contributed by atoms with Gasteiger partial charge in [0.15, 0.2) is 34.7 Å². The molecule has 0 saturated carbocycles. The Kier molecular flexibility index (Phi) is 21.5. The number of nitrogens with zero attached hydrogens (tertiary/aromatic N) is 17. The average Bonchev–Trinajstić information content (AvgIpc) is 1.45. The predicted molar refractivity (Wildman–Crippen MR) is 455 cm³/mol. The first-order chi connectivity index (χ1) is 57.9. The summed E-state index contributed by atoms with van der Waals surface area (Å²) in [7, 11) is 0. The maximum Gasteiger partial charge on any atom is 0.182 e. The van der Waals surface area contributed by atoms with E-state index in [9.17, 15) is 13.2 Å². The van der Waals surface area contributed by atoms with Crippen LogP contribution in [0.15, 0.2) is 263 Å². The minimum Gasteiger partial charge on any atom is -0.360 e. The SMILES string of the molecule is CC(Nc1nccc2[nH]cnc12)c1nc2ccccc2nc1-c1c(F)cccc1F.CCC(Nc1nccc2[nH]cnc12)c1nc2ccccc2nc1-c1ccccc1.CCC(Nc1ncnc2nc[nH]c12)c1nc2cccc(F)c2nc1-c1ccccc1.Cc1ccc(-c2nc3ccccc3nc2C(C)Nc2nccc3[nH]cnc23)cc1. The van der Waals surface area contributed by atoms with Gasteiger partial charge in [-0.05, 0) is 112 Å².